The van der Waals surface area contributed by atoms with Gasteiger partial charge in [-0.1, -0.05) is 11.6 Å². The number of ether oxygens (including phenoxy) is 1. The molecule has 0 aromatic heterocycles. The topological polar surface area (TPSA) is 92.9 Å². The first-order chi connectivity index (χ1) is 13.4. The molecule has 7 nitrogen and oxygen atoms in total. The number of nitrogens with zero attached hydrogens (tertiary/aromatic N) is 2. The van der Waals surface area contributed by atoms with E-state index in [0.717, 1.165) is 13.0 Å². The quantitative estimate of drug-likeness (QED) is 0.746. The molecule has 0 bridgehead atoms. The monoisotopic (exact) mass is 407 g/mol. The van der Waals surface area contributed by atoms with Crippen molar-refractivity contribution in [1.29, 1.82) is 0 Å². The predicted octanol–water partition coefficient (Wildman–Crippen LogP) is 1.82. The van der Waals surface area contributed by atoms with Crippen molar-refractivity contribution in [3.8, 4) is 5.75 Å². The molecule has 2 heterocycles. The van der Waals surface area contributed by atoms with Crippen LogP contribution >= 0.6 is 11.6 Å². The highest BCUT2D eigenvalue weighted by Gasteiger charge is 2.34. The Morgan fingerprint density at radius 3 is 2.61 bits per heavy atom. The lowest BCUT2D eigenvalue weighted by molar-refractivity contribution is -0.137. The minimum Gasteiger partial charge on any atom is -0.490 e. The van der Waals surface area contributed by atoms with E-state index >= 15 is 0 Å². The Morgan fingerprint density at radius 2 is 1.96 bits per heavy atom. The Kier molecular flexibility index (Phi) is 6.78. The molecular weight excluding hydrogens is 382 g/mol. The van der Waals surface area contributed by atoms with Gasteiger partial charge in [0.15, 0.2) is 0 Å². The minimum atomic E-state index is -0.410. The van der Waals surface area contributed by atoms with Crippen molar-refractivity contribution < 1.29 is 19.1 Å². The number of benzene rings is 1. The number of primary amides is 1. The number of carbonyl (C=O) groups is 3. The van der Waals surface area contributed by atoms with Crippen molar-refractivity contribution in [3.63, 3.8) is 0 Å². The molecule has 2 aliphatic heterocycles. The van der Waals surface area contributed by atoms with Crippen LogP contribution in [0.25, 0.3) is 0 Å². The lowest BCUT2D eigenvalue weighted by atomic mass is 9.91. The van der Waals surface area contributed by atoms with Gasteiger partial charge in [0.05, 0.1) is 0 Å². The van der Waals surface area contributed by atoms with Gasteiger partial charge in [-0.05, 0) is 30.7 Å². The molecule has 3 amide bonds. The van der Waals surface area contributed by atoms with Crippen LogP contribution in [-0.4, -0.2) is 59.8 Å². The number of carbonyl (C=O) groups excluding carboxylic acids is 3. The van der Waals surface area contributed by atoms with Gasteiger partial charge < -0.3 is 20.3 Å². The largest absolute Gasteiger partial charge is 0.490 e. The molecule has 2 saturated heterocycles. The van der Waals surface area contributed by atoms with E-state index in [1.807, 2.05) is 0 Å². The lowest BCUT2D eigenvalue weighted by Crippen LogP contribution is -2.49. The first-order valence-corrected chi connectivity index (χ1v) is 10.1. The molecule has 1 aromatic carbocycles. The summed E-state index contributed by atoms with van der Waals surface area (Å²) in [5, 5.41) is 0.623. The lowest BCUT2D eigenvalue weighted by Gasteiger charge is -2.38. The standard InChI is InChI=1S/C20H26ClN3O4/c21-15-3-5-16(6-4-15)28-17-7-10-24(13-14(17)12-18(22)25)20(27)8-11-23-9-1-2-19(23)26/h3-6,14,17H,1-2,7-13H2,(H2,22,25)/t14-,17-/m0/s1. The van der Waals surface area contributed by atoms with Crippen molar-refractivity contribution in [2.45, 2.75) is 38.2 Å². The van der Waals surface area contributed by atoms with E-state index in [9.17, 15) is 14.4 Å². The van der Waals surface area contributed by atoms with Crippen molar-refractivity contribution in [2.75, 3.05) is 26.2 Å². The number of likely N-dealkylation sites (tertiary alicyclic amines) is 2. The molecule has 1 aromatic rings. The molecule has 8 heteroatoms. The highest BCUT2D eigenvalue weighted by molar-refractivity contribution is 6.30. The van der Waals surface area contributed by atoms with Crippen molar-refractivity contribution in [3.05, 3.63) is 29.3 Å². The molecule has 0 radical (unpaired) electrons. The van der Waals surface area contributed by atoms with Crippen LogP contribution in [0.2, 0.25) is 5.02 Å². The summed E-state index contributed by atoms with van der Waals surface area (Å²) in [7, 11) is 0. The van der Waals surface area contributed by atoms with E-state index in [1.165, 1.54) is 0 Å². The molecule has 152 valence electrons. The average molecular weight is 408 g/mol. The fourth-order valence-corrected chi connectivity index (χ4v) is 3.99. The Morgan fingerprint density at radius 1 is 1.21 bits per heavy atom. The van der Waals surface area contributed by atoms with Crippen molar-refractivity contribution in [2.24, 2.45) is 11.7 Å². The zero-order valence-corrected chi connectivity index (χ0v) is 16.6. The molecule has 2 aliphatic rings. The number of piperidine rings is 1. The fraction of sp³-hybridized carbons (Fsp3) is 0.550. The number of hydrogen-bond donors (Lipinski definition) is 1. The first-order valence-electron chi connectivity index (χ1n) is 9.68. The van der Waals surface area contributed by atoms with Crippen LogP contribution in [0, 0.1) is 5.92 Å². The van der Waals surface area contributed by atoms with Gasteiger partial charge in [-0.2, -0.15) is 0 Å². The second-order valence-electron chi connectivity index (χ2n) is 7.40. The summed E-state index contributed by atoms with van der Waals surface area (Å²) in [6, 6.07) is 7.07. The van der Waals surface area contributed by atoms with Crippen molar-refractivity contribution >= 4 is 29.3 Å². The van der Waals surface area contributed by atoms with E-state index < -0.39 is 5.91 Å². The van der Waals surface area contributed by atoms with Gasteiger partial charge in [0.2, 0.25) is 17.7 Å². The van der Waals surface area contributed by atoms with Gasteiger partial charge >= 0.3 is 0 Å². The van der Waals surface area contributed by atoms with Gasteiger partial charge in [0.1, 0.15) is 11.9 Å². The molecular formula is C20H26ClN3O4. The Balaban J connectivity index is 1.57. The first kappa shape index (κ1) is 20.5. The maximum atomic E-state index is 12.6. The van der Waals surface area contributed by atoms with E-state index in [2.05, 4.69) is 0 Å². The number of nitrogens with two attached hydrogens (primary N) is 1. The molecule has 2 N–H and O–H groups in total. The zero-order chi connectivity index (χ0) is 20.1. The van der Waals surface area contributed by atoms with Gasteiger partial charge in [0.25, 0.3) is 0 Å². The average Bonchev–Trinajstić information content (AvgIpc) is 3.07. The van der Waals surface area contributed by atoms with Crippen LogP contribution in [0.3, 0.4) is 0 Å². The fourth-order valence-electron chi connectivity index (χ4n) is 3.86. The summed E-state index contributed by atoms with van der Waals surface area (Å²) in [5.41, 5.74) is 5.42. The second-order valence-corrected chi connectivity index (χ2v) is 7.84. The summed E-state index contributed by atoms with van der Waals surface area (Å²) in [6.07, 6.45) is 2.32. The third-order valence-electron chi connectivity index (χ3n) is 5.35. The molecule has 28 heavy (non-hydrogen) atoms. The highest BCUT2D eigenvalue weighted by atomic mass is 35.5. The third-order valence-corrected chi connectivity index (χ3v) is 5.60. The van der Waals surface area contributed by atoms with Crippen LogP contribution < -0.4 is 10.5 Å². The minimum absolute atomic E-state index is 0.000821. The molecule has 0 unspecified atom stereocenters. The number of hydrogen-bond acceptors (Lipinski definition) is 4. The van der Waals surface area contributed by atoms with Gasteiger partial charge in [-0.3, -0.25) is 14.4 Å². The molecule has 2 fully saturated rings. The highest BCUT2D eigenvalue weighted by Crippen LogP contribution is 2.27. The zero-order valence-electron chi connectivity index (χ0n) is 15.8. The van der Waals surface area contributed by atoms with E-state index in [0.29, 0.717) is 49.7 Å². The summed E-state index contributed by atoms with van der Waals surface area (Å²) in [5.74, 6) is 0.218. The Labute approximate surface area is 169 Å². The number of halogens is 1. The summed E-state index contributed by atoms with van der Waals surface area (Å²) in [6.45, 7) is 2.17. The third kappa shape index (κ3) is 5.38. The van der Waals surface area contributed by atoms with Crippen LogP contribution in [0.15, 0.2) is 24.3 Å². The van der Waals surface area contributed by atoms with E-state index in [-0.39, 0.29) is 30.3 Å². The smallest absolute Gasteiger partial charge is 0.224 e. The summed E-state index contributed by atoms with van der Waals surface area (Å²) < 4.78 is 6.05. The molecule has 3 rings (SSSR count). The van der Waals surface area contributed by atoms with Crippen LogP contribution in [0.4, 0.5) is 0 Å². The second kappa shape index (κ2) is 9.28. The van der Waals surface area contributed by atoms with Crippen LogP contribution in [0.5, 0.6) is 5.75 Å². The normalized spacial score (nSPS) is 22.4. The van der Waals surface area contributed by atoms with E-state index in [1.54, 1.807) is 34.1 Å². The van der Waals surface area contributed by atoms with Gasteiger partial charge in [-0.25, -0.2) is 0 Å². The molecule has 0 spiro atoms. The van der Waals surface area contributed by atoms with Crippen LogP contribution in [-0.2, 0) is 14.4 Å². The SMILES string of the molecule is NC(=O)C[C@H]1CN(C(=O)CCN2CCCC2=O)CC[C@@H]1Oc1ccc(Cl)cc1. The maximum absolute atomic E-state index is 12.6. The number of amides is 3. The Hall–Kier alpha value is -2.28. The van der Waals surface area contributed by atoms with E-state index in [4.69, 9.17) is 22.1 Å². The van der Waals surface area contributed by atoms with Gasteiger partial charge in [0, 0.05) is 62.8 Å². The maximum Gasteiger partial charge on any atom is 0.224 e. The van der Waals surface area contributed by atoms with Gasteiger partial charge in [-0.15, -0.1) is 0 Å². The summed E-state index contributed by atoms with van der Waals surface area (Å²) >= 11 is 5.91. The van der Waals surface area contributed by atoms with Crippen molar-refractivity contribution in [1.82, 2.24) is 9.80 Å². The Bertz CT molecular complexity index is 725. The molecule has 0 aliphatic carbocycles. The molecule has 0 saturated carbocycles. The molecule has 2 atom stereocenters. The predicted molar refractivity (Wildman–Crippen MR) is 105 cm³/mol. The van der Waals surface area contributed by atoms with Crippen LogP contribution in [0.1, 0.15) is 32.1 Å². The number of rotatable bonds is 7. The summed E-state index contributed by atoms with van der Waals surface area (Å²) in [4.78, 5) is 39.3.